The molecule has 0 aliphatic carbocycles. The molecular formula is C24H26N2O6. The lowest BCUT2D eigenvalue weighted by atomic mass is 10.0. The molecule has 0 spiro atoms. The van der Waals surface area contributed by atoms with E-state index in [0.29, 0.717) is 34.9 Å². The summed E-state index contributed by atoms with van der Waals surface area (Å²) in [6.45, 7) is 5.95. The molecule has 0 bridgehead atoms. The Bertz CT molecular complexity index is 1030. The Morgan fingerprint density at radius 3 is 2.50 bits per heavy atom. The van der Waals surface area contributed by atoms with Crippen molar-refractivity contribution in [3.63, 3.8) is 0 Å². The van der Waals surface area contributed by atoms with Crippen molar-refractivity contribution < 1.29 is 28.6 Å². The first-order chi connectivity index (χ1) is 15.5. The number of rotatable bonds is 9. The quantitative estimate of drug-likeness (QED) is 0.367. The van der Waals surface area contributed by atoms with Gasteiger partial charge in [0.25, 0.3) is 11.8 Å². The highest BCUT2D eigenvalue weighted by Gasteiger charge is 2.34. The zero-order valence-electron chi connectivity index (χ0n) is 18.3. The minimum atomic E-state index is -0.529. The normalized spacial score (nSPS) is 14.5. The van der Waals surface area contributed by atoms with E-state index < -0.39 is 17.8 Å². The summed E-state index contributed by atoms with van der Waals surface area (Å²) in [5, 5.41) is 1.19. The van der Waals surface area contributed by atoms with Gasteiger partial charge in [-0.2, -0.15) is 0 Å². The average Bonchev–Trinajstić information content (AvgIpc) is 3.07. The van der Waals surface area contributed by atoms with Crippen LogP contribution < -0.4 is 19.9 Å². The molecule has 1 fully saturated rings. The summed E-state index contributed by atoms with van der Waals surface area (Å²) in [5.74, 6) is -0.588. The average molecular weight is 438 g/mol. The van der Waals surface area contributed by atoms with E-state index in [4.69, 9.17) is 14.2 Å². The van der Waals surface area contributed by atoms with Crippen molar-refractivity contribution in [2.45, 2.75) is 27.2 Å². The number of hydrazine groups is 1. The van der Waals surface area contributed by atoms with Gasteiger partial charge in [0, 0.05) is 11.1 Å². The van der Waals surface area contributed by atoms with E-state index >= 15 is 0 Å². The molecule has 8 nitrogen and oxygen atoms in total. The Morgan fingerprint density at radius 2 is 1.81 bits per heavy atom. The molecule has 1 aliphatic heterocycles. The van der Waals surface area contributed by atoms with E-state index in [-0.39, 0.29) is 18.8 Å². The maximum absolute atomic E-state index is 12.9. The first-order valence-corrected chi connectivity index (χ1v) is 10.4. The zero-order chi connectivity index (χ0) is 23.1. The number of carbonyl (C=O) groups is 3. The van der Waals surface area contributed by atoms with Gasteiger partial charge in [-0.15, -0.1) is 0 Å². The van der Waals surface area contributed by atoms with Crippen LogP contribution in [0.15, 0.2) is 48.0 Å². The number of amides is 2. The molecule has 0 radical (unpaired) electrons. The second-order valence-corrected chi connectivity index (χ2v) is 7.02. The highest BCUT2D eigenvalue weighted by molar-refractivity contribution is 6.31. The molecule has 2 aromatic rings. The van der Waals surface area contributed by atoms with Gasteiger partial charge >= 0.3 is 5.97 Å². The number of hydrogen-bond donors (Lipinski definition) is 1. The van der Waals surface area contributed by atoms with Crippen molar-refractivity contribution in [1.82, 2.24) is 5.43 Å². The Kier molecular flexibility index (Phi) is 7.49. The Balaban J connectivity index is 1.95. The van der Waals surface area contributed by atoms with Crippen LogP contribution in [0, 0.1) is 6.92 Å². The minimum absolute atomic E-state index is 0.0449. The van der Waals surface area contributed by atoms with Crippen LogP contribution in [0.4, 0.5) is 5.69 Å². The molecule has 168 valence electrons. The van der Waals surface area contributed by atoms with Gasteiger partial charge in [0.2, 0.25) is 0 Å². The highest BCUT2D eigenvalue weighted by Crippen LogP contribution is 2.34. The first kappa shape index (κ1) is 22.9. The van der Waals surface area contributed by atoms with Gasteiger partial charge in [0.15, 0.2) is 6.61 Å². The fraction of sp³-hybridized carbons (Fsp3) is 0.292. The van der Waals surface area contributed by atoms with Gasteiger partial charge < -0.3 is 14.2 Å². The topological polar surface area (TPSA) is 94.2 Å². The third kappa shape index (κ3) is 5.08. The maximum Gasteiger partial charge on any atom is 0.344 e. The zero-order valence-corrected chi connectivity index (χ0v) is 18.3. The summed E-state index contributed by atoms with van der Waals surface area (Å²) >= 11 is 0. The molecule has 0 aromatic heterocycles. The number of benzene rings is 2. The van der Waals surface area contributed by atoms with E-state index in [1.165, 1.54) is 11.1 Å². The second kappa shape index (κ2) is 10.5. The van der Waals surface area contributed by atoms with Crippen LogP contribution in [0.5, 0.6) is 11.5 Å². The van der Waals surface area contributed by atoms with Crippen molar-refractivity contribution in [2.75, 3.05) is 24.8 Å². The third-order valence-electron chi connectivity index (χ3n) is 4.69. The molecule has 1 saturated heterocycles. The molecule has 1 aliphatic rings. The number of nitrogens with zero attached hydrogens (tertiary/aromatic N) is 1. The van der Waals surface area contributed by atoms with Crippen molar-refractivity contribution in [2.24, 2.45) is 0 Å². The molecule has 32 heavy (non-hydrogen) atoms. The number of para-hydroxylation sites is 1. The van der Waals surface area contributed by atoms with Gasteiger partial charge in [-0.25, -0.2) is 9.80 Å². The molecule has 2 aromatic carbocycles. The Hall–Kier alpha value is -3.81. The van der Waals surface area contributed by atoms with Crippen molar-refractivity contribution in [3.8, 4) is 11.5 Å². The molecule has 0 atom stereocenters. The van der Waals surface area contributed by atoms with Crippen LogP contribution in [0.1, 0.15) is 31.4 Å². The summed E-state index contributed by atoms with van der Waals surface area (Å²) < 4.78 is 16.4. The SMILES string of the molecule is CCCOc1ccc(C=C2C(=O)NN(c3ccccc3)C2=O)c(OCC(=O)OCC)c1C. The number of ether oxygens (including phenoxy) is 3. The van der Waals surface area contributed by atoms with Gasteiger partial charge in [-0.05, 0) is 50.6 Å². The minimum Gasteiger partial charge on any atom is -0.493 e. The van der Waals surface area contributed by atoms with E-state index in [9.17, 15) is 14.4 Å². The monoisotopic (exact) mass is 438 g/mol. The fourth-order valence-electron chi connectivity index (χ4n) is 3.17. The van der Waals surface area contributed by atoms with Crippen molar-refractivity contribution >= 4 is 29.5 Å². The van der Waals surface area contributed by atoms with Crippen LogP contribution in [0.25, 0.3) is 6.08 Å². The number of esters is 1. The summed E-state index contributed by atoms with van der Waals surface area (Å²) in [6.07, 6.45) is 2.28. The van der Waals surface area contributed by atoms with Gasteiger partial charge in [-0.1, -0.05) is 25.1 Å². The predicted octanol–water partition coefficient (Wildman–Crippen LogP) is 3.19. The number of anilines is 1. The van der Waals surface area contributed by atoms with E-state index in [0.717, 1.165) is 6.42 Å². The van der Waals surface area contributed by atoms with Crippen LogP contribution in [0.3, 0.4) is 0 Å². The van der Waals surface area contributed by atoms with E-state index in [1.54, 1.807) is 50.2 Å². The lowest BCUT2D eigenvalue weighted by Gasteiger charge is -2.16. The van der Waals surface area contributed by atoms with Crippen LogP contribution >= 0.6 is 0 Å². The van der Waals surface area contributed by atoms with E-state index in [2.05, 4.69) is 5.43 Å². The highest BCUT2D eigenvalue weighted by atomic mass is 16.6. The summed E-state index contributed by atoms with van der Waals surface area (Å²) in [6, 6.07) is 12.3. The Labute approximate surface area is 186 Å². The molecule has 8 heteroatoms. The summed E-state index contributed by atoms with van der Waals surface area (Å²) in [5.41, 5.74) is 4.20. The van der Waals surface area contributed by atoms with E-state index in [1.807, 2.05) is 13.0 Å². The molecule has 1 heterocycles. The molecule has 2 amide bonds. The van der Waals surface area contributed by atoms with Crippen molar-refractivity contribution in [3.05, 3.63) is 59.2 Å². The first-order valence-electron chi connectivity index (χ1n) is 10.4. The van der Waals surface area contributed by atoms with Crippen LogP contribution in [-0.2, 0) is 19.1 Å². The standard InChI is InChI=1S/C24H26N2O6/c1-4-13-31-20-12-11-17(22(16(20)3)32-15-21(27)30-5-2)14-19-23(28)25-26(24(19)29)18-9-7-6-8-10-18/h6-12,14H,4-5,13,15H2,1-3H3,(H,25,28). The third-order valence-corrected chi connectivity index (χ3v) is 4.69. The number of nitrogens with one attached hydrogen (secondary N) is 1. The smallest absolute Gasteiger partial charge is 0.344 e. The molecule has 3 rings (SSSR count). The molecular weight excluding hydrogens is 412 g/mol. The lowest BCUT2D eigenvalue weighted by molar-refractivity contribution is -0.145. The second-order valence-electron chi connectivity index (χ2n) is 7.02. The lowest BCUT2D eigenvalue weighted by Crippen LogP contribution is -2.35. The van der Waals surface area contributed by atoms with Crippen LogP contribution in [-0.4, -0.2) is 37.6 Å². The maximum atomic E-state index is 12.9. The molecule has 0 saturated carbocycles. The summed E-state index contributed by atoms with van der Waals surface area (Å²) in [7, 11) is 0. The number of carbonyl (C=O) groups excluding carboxylic acids is 3. The summed E-state index contributed by atoms with van der Waals surface area (Å²) in [4.78, 5) is 37.3. The Morgan fingerprint density at radius 1 is 1.06 bits per heavy atom. The number of hydrogen-bond acceptors (Lipinski definition) is 6. The predicted molar refractivity (Wildman–Crippen MR) is 119 cm³/mol. The molecule has 0 unspecified atom stereocenters. The van der Waals surface area contributed by atoms with Gasteiger partial charge in [0.1, 0.15) is 17.1 Å². The van der Waals surface area contributed by atoms with Gasteiger partial charge in [0.05, 0.1) is 18.9 Å². The van der Waals surface area contributed by atoms with Gasteiger partial charge in [-0.3, -0.25) is 15.0 Å². The fourth-order valence-corrected chi connectivity index (χ4v) is 3.17. The van der Waals surface area contributed by atoms with Crippen molar-refractivity contribution in [1.29, 1.82) is 0 Å². The van der Waals surface area contributed by atoms with Crippen LogP contribution in [0.2, 0.25) is 0 Å². The molecule has 1 N–H and O–H groups in total. The largest absolute Gasteiger partial charge is 0.493 e.